The van der Waals surface area contributed by atoms with E-state index in [0.29, 0.717) is 5.41 Å². The molecule has 1 saturated heterocycles. The summed E-state index contributed by atoms with van der Waals surface area (Å²) < 4.78 is 0. The summed E-state index contributed by atoms with van der Waals surface area (Å²) in [5.41, 5.74) is 7.60. The molecule has 0 aliphatic carbocycles. The van der Waals surface area contributed by atoms with Crippen LogP contribution >= 0.6 is 0 Å². The number of hydrogen-bond acceptors (Lipinski definition) is 3. The Morgan fingerprint density at radius 2 is 2.17 bits per heavy atom. The van der Waals surface area contributed by atoms with Crippen molar-refractivity contribution in [1.82, 2.24) is 4.98 Å². The first-order valence-corrected chi connectivity index (χ1v) is 7.07. The van der Waals surface area contributed by atoms with Crippen LogP contribution in [0.25, 0.3) is 0 Å². The monoisotopic (exact) mass is 247 g/mol. The number of nitrogens with zero attached hydrogens (tertiary/aromatic N) is 2. The van der Waals surface area contributed by atoms with Crippen LogP contribution in [0.4, 0.5) is 5.82 Å². The number of pyridine rings is 1. The number of rotatable bonds is 4. The number of aromatic nitrogens is 1. The van der Waals surface area contributed by atoms with Gasteiger partial charge in [-0.15, -0.1) is 0 Å². The molecule has 0 amide bonds. The van der Waals surface area contributed by atoms with Crippen molar-refractivity contribution in [1.29, 1.82) is 0 Å². The zero-order valence-corrected chi connectivity index (χ0v) is 11.8. The van der Waals surface area contributed by atoms with E-state index in [0.717, 1.165) is 18.9 Å². The average Bonchev–Trinajstić information content (AvgIpc) is 2.84. The molecule has 0 saturated carbocycles. The molecule has 18 heavy (non-hydrogen) atoms. The van der Waals surface area contributed by atoms with Crippen molar-refractivity contribution in [2.24, 2.45) is 11.1 Å². The molecule has 0 radical (unpaired) electrons. The van der Waals surface area contributed by atoms with Gasteiger partial charge in [-0.1, -0.05) is 13.8 Å². The lowest BCUT2D eigenvalue weighted by Gasteiger charge is -2.27. The summed E-state index contributed by atoms with van der Waals surface area (Å²) in [5.74, 6) is 1.09. The maximum atomic E-state index is 5.94. The summed E-state index contributed by atoms with van der Waals surface area (Å²) in [5, 5.41) is 0. The highest BCUT2D eigenvalue weighted by Crippen LogP contribution is 2.38. The van der Waals surface area contributed by atoms with Crippen molar-refractivity contribution in [3.8, 4) is 0 Å². The van der Waals surface area contributed by atoms with E-state index in [1.807, 2.05) is 19.2 Å². The Hall–Kier alpha value is -1.09. The van der Waals surface area contributed by atoms with Crippen LogP contribution < -0.4 is 10.6 Å². The van der Waals surface area contributed by atoms with Gasteiger partial charge in [-0.05, 0) is 49.3 Å². The van der Waals surface area contributed by atoms with Crippen molar-refractivity contribution in [2.45, 2.75) is 46.1 Å². The highest BCUT2D eigenvalue weighted by atomic mass is 15.2. The van der Waals surface area contributed by atoms with Gasteiger partial charge in [0, 0.05) is 25.3 Å². The Morgan fingerprint density at radius 3 is 2.72 bits per heavy atom. The molecule has 3 nitrogen and oxygen atoms in total. The maximum Gasteiger partial charge on any atom is 0.128 e. The lowest BCUT2D eigenvalue weighted by Crippen LogP contribution is -2.26. The van der Waals surface area contributed by atoms with E-state index in [-0.39, 0.29) is 6.04 Å². The van der Waals surface area contributed by atoms with Crippen molar-refractivity contribution >= 4 is 5.82 Å². The summed E-state index contributed by atoms with van der Waals surface area (Å²) in [4.78, 5) is 6.92. The SMILES string of the molecule is CCC1(CC)CCN(c2cc([C@H](C)N)ccn2)C1. The second-order valence-electron chi connectivity index (χ2n) is 5.61. The molecule has 1 atom stereocenters. The minimum absolute atomic E-state index is 0.0801. The molecular weight excluding hydrogens is 222 g/mol. The summed E-state index contributed by atoms with van der Waals surface area (Å²) in [7, 11) is 0. The van der Waals surface area contributed by atoms with Crippen molar-refractivity contribution in [3.63, 3.8) is 0 Å². The smallest absolute Gasteiger partial charge is 0.128 e. The molecule has 100 valence electrons. The summed E-state index contributed by atoms with van der Waals surface area (Å²) in [6.07, 6.45) is 5.68. The van der Waals surface area contributed by atoms with E-state index in [1.54, 1.807) is 0 Å². The van der Waals surface area contributed by atoms with Crippen LogP contribution in [0.2, 0.25) is 0 Å². The second-order valence-corrected chi connectivity index (χ2v) is 5.61. The van der Waals surface area contributed by atoms with Crippen LogP contribution in [0.3, 0.4) is 0 Å². The van der Waals surface area contributed by atoms with E-state index >= 15 is 0 Å². The van der Waals surface area contributed by atoms with Gasteiger partial charge in [-0.25, -0.2) is 4.98 Å². The van der Waals surface area contributed by atoms with Crippen LogP contribution in [-0.4, -0.2) is 18.1 Å². The third kappa shape index (κ3) is 2.51. The fraction of sp³-hybridized carbons (Fsp3) is 0.667. The second kappa shape index (κ2) is 5.27. The Bertz CT molecular complexity index is 396. The zero-order valence-electron chi connectivity index (χ0n) is 11.8. The van der Waals surface area contributed by atoms with E-state index < -0.39 is 0 Å². The van der Waals surface area contributed by atoms with Gasteiger partial charge in [-0.2, -0.15) is 0 Å². The predicted molar refractivity (Wildman–Crippen MR) is 76.7 cm³/mol. The van der Waals surface area contributed by atoms with Crippen LogP contribution in [0.5, 0.6) is 0 Å². The van der Waals surface area contributed by atoms with Crippen LogP contribution in [0.1, 0.15) is 51.6 Å². The van der Waals surface area contributed by atoms with E-state index in [2.05, 4.69) is 29.8 Å². The van der Waals surface area contributed by atoms with Gasteiger partial charge >= 0.3 is 0 Å². The first-order valence-electron chi connectivity index (χ1n) is 7.07. The quantitative estimate of drug-likeness (QED) is 0.889. The standard InChI is InChI=1S/C15H25N3/c1-4-15(5-2)7-9-18(11-15)14-10-13(12(3)16)6-8-17-14/h6,8,10,12H,4-5,7,9,11,16H2,1-3H3/t12-/m0/s1. The molecule has 2 heterocycles. The van der Waals surface area contributed by atoms with Crippen LogP contribution in [0.15, 0.2) is 18.3 Å². The molecule has 1 fully saturated rings. The molecule has 2 N–H and O–H groups in total. The van der Waals surface area contributed by atoms with Gasteiger partial charge in [-0.3, -0.25) is 0 Å². The molecule has 1 aliphatic heterocycles. The lowest BCUT2D eigenvalue weighted by atomic mass is 9.82. The van der Waals surface area contributed by atoms with Gasteiger partial charge in [0.2, 0.25) is 0 Å². The van der Waals surface area contributed by atoms with Crippen molar-refractivity contribution in [2.75, 3.05) is 18.0 Å². The van der Waals surface area contributed by atoms with Crippen LogP contribution in [0, 0.1) is 5.41 Å². The summed E-state index contributed by atoms with van der Waals surface area (Å²) in [6.45, 7) is 8.88. The molecule has 1 aromatic rings. The number of nitrogens with two attached hydrogens (primary N) is 1. The number of hydrogen-bond donors (Lipinski definition) is 1. The zero-order chi connectivity index (χ0) is 13.2. The minimum atomic E-state index is 0.0801. The Kier molecular flexibility index (Phi) is 3.91. The van der Waals surface area contributed by atoms with Gasteiger partial charge in [0.15, 0.2) is 0 Å². The van der Waals surface area contributed by atoms with Gasteiger partial charge < -0.3 is 10.6 Å². The van der Waals surface area contributed by atoms with E-state index in [9.17, 15) is 0 Å². The molecule has 0 spiro atoms. The highest BCUT2D eigenvalue weighted by Gasteiger charge is 2.35. The molecule has 2 rings (SSSR count). The molecule has 3 heteroatoms. The third-order valence-corrected chi connectivity index (χ3v) is 4.56. The largest absolute Gasteiger partial charge is 0.356 e. The van der Waals surface area contributed by atoms with E-state index in [1.165, 1.54) is 24.8 Å². The van der Waals surface area contributed by atoms with Gasteiger partial charge in [0.05, 0.1) is 0 Å². The molecular formula is C15H25N3. The Balaban J connectivity index is 2.16. The topological polar surface area (TPSA) is 42.1 Å². The average molecular weight is 247 g/mol. The molecule has 0 bridgehead atoms. The lowest BCUT2D eigenvalue weighted by molar-refractivity contribution is 0.301. The predicted octanol–water partition coefficient (Wildman–Crippen LogP) is 3.12. The summed E-state index contributed by atoms with van der Waals surface area (Å²) in [6, 6.07) is 4.24. The number of anilines is 1. The van der Waals surface area contributed by atoms with Crippen LogP contribution in [-0.2, 0) is 0 Å². The van der Waals surface area contributed by atoms with Crippen molar-refractivity contribution < 1.29 is 0 Å². The van der Waals surface area contributed by atoms with Gasteiger partial charge in [0.1, 0.15) is 5.82 Å². The van der Waals surface area contributed by atoms with Gasteiger partial charge in [0.25, 0.3) is 0 Å². The first kappa shape index (κ1) is 13.3. The fourth-order valence-electron chi connectivity index (χ4n) is 2.85. The third-order valence-electron chi connectivity index (χ3n) is 4.56. The summed E-state index contributed by atoms with van der Waals surface area (Å²) >= 11 is 0. The maximum absolute atomic E-state index is 5.94. The highest BCUT2D eigenvalue weighted by molar-refractivity contribution is 5.43. The molecule has 0 aromatic carbocycles. The molecule has 1 aliphatic rings. The normalized spacial score (nSPS) is 20.1. The van der Waals surface area contributed by atoms with Crippen molar-refractivity contribution in [3.05, 3.63) is 23.9 Å². The Morgan fingerprint density at radius 1 is 1.44 bits per heavy atom. The fourth-order valence-corrected chi connectivity index (χ4v) is 2.85. The molecule has 1 aromatic heterocycles. The van der Waals surface area contributed by atoms with E-state index in [4.69, 9.17) is 5.73 Å². The first-order chi connectivity index (χ1) is 8.60. The minimum Gasteiger partial charge on any atom is -0.356 e. The molecule has 0 unspecified atom stereocenters. The Labute approximate surface area is 110 Å².